The fourth-order valence-electron chi connectivity index (χ4n) is 1.68. The molecule has 0 aliphatic carbocycles. The van der Waals surface area contributed by atoms with Crippen LogP contribution in [-0.4, -0.2) is 0 Å². The van der Waals surface area contributed by atoms with Gasteiger partial charge in [-0.1, -0.05) is 54.4 Å². The van der Waals surface area contributed by atoms with Crippen molar-refractivity contribution in [2.45, 2.75) is 13.3 Å². The van der Waals surface area contributed by atoms with Gasteiger partial charge in [-0.3, -0.25) is 0 Å². The smallest absolute Gasteiger partial charge is 0.0673 e. The standard InChI is InChI=1S/C12H10Cl2/c1-2-8-4-3-5-9-6-7-10(13)12(14)11(8)9/h3-7H,2H2,1H3. The van der Waals surface area contributed by atoms with Crippen LogP contribution in [-0.2, 0) is 6.42 Å². The van der Waals surface area contributed by atoms with Crippen LogP contribution in [0.4, 0.5) is 0 Å². The molecule has 0 saturated heterocycles. The molecule has 0 atom stereocenters. The first-order chi connectivity index (χ1) is 6.74. The van der Waals surface area contributed by atoms with E-state index in [0.29, 0.717) is 10.0 Å². The molecule has 0 aliphatic rings. The van der Waals surface area contributed by atoms with Crippen molar-refractivity contribution in [3.8, 4) is 0 Å². The van der Waals surface area contributed by atoms with E-state index in [-0.39, 0.29) is 0 Å². The van der Waals surface area contributed by atoms with Gasteiger partial charge in [0.25, 0.3) is 0 Å². The Balaban J connectivity index is 2.89. The van der Waals surface area contributed by atoms with Gasteiger partial charge in [0.05, 0.1) is 10.0 Å². The van der Waals surface area contributed by atoms with E-state index in [9.17, 15) is 0 Å². The highest BCUT2D eigenvalue weighted by Crippen LogP contribution is 2.33. The molecule has 0 bridgehead atoms. The van der Waals surface area contributed by atoms with Crippen molar-refractivity contribution in [3.05, 3.63) is 45.9 Å². The second-order valence-electron chi connectivity index (χ2n) is 3.23. The minimum absolute atomic E-state index is 0.625. The first-order valence-corrected chi connectivity index (χ1v) is 5.35. The number of aryl methyl sites for hydroxylation is 1. The molecule has 0 spiro atoms. The molecule has 0 nitrogen and oxygen atoms in total. The Labute approximate surface area is 93.4 Å². The van der Waals surface area contributed by atoms with Crippen molar-refractivity contribution in [2.75, 3.05) is 0 Å². The molecule has 2 heteroatoms. The predicted octanol–water partition coefficient (Wildman–Crippen LogP) is 4.71. The van der Waals surface area contributed by atoms with Gasteiger partial charge in [0.15, 0.2) is 0 Å². The normalized spacial score (nSPS) is 10.8. The summed E-state index contributed by atoms with van der Waals surface area (Å²) in [5.41, 5.74) is 1.25. The number of hydrogen-bond donors (Lipinski definition) is 0. The van der Waals surface area contributed by atoms with Crippen molar-refractivity contribution in [1.29, 1.82) is 0 Å². The van der Waals surface area contributed by atoms with E-state index in [1.54, 1.807) is 0 Å². The van der Waals surface area contributed by atoms with Gasteiger partial charge in [-0.05, 0) is 23.4 Å². The van der Waals surface area contributed by atoms with Crippen LogP contribution in [0, 0.1) is 0 Å². The zero-order valence-electron chi connectivity index (χ0n) is 7.85. The Morgan fingerprint density at radius 3 is 2.57 bits per heavy atom. The molecule has 2 aromatic carbocycles. The molecule has 14 heavy (non-hydrogen) atoms. The lowest BCUT2D eigenvalue weighted by Crippen LogP contribution is -1.84. The fraction of sp³-hybridized carbons (Fsp3) is 0.167. The molecule has 0 saturated carbocycles. The monoisotopic (exact) mass is 224 g/mol. The number of halogens is 2. The Kier molecular flexibility index (Phi) is 2.66. The molecular weight excluding hydrogens is 215 g/mol. The van der Waals surface area contributed by atoms with E-state index < -0.39 is 0 Å². The maximum atomic E-state index is 6.18. The van der Waals surface area contributed by atoms with E-state index in [1.807, 2.05) is 18.2 Å². The lowest BCUT2D eigenvalue weighted by molar-refractivity contribution is 1.16. The Hall–Kier alpha value is -0.720. The Bertz CT molecular complexity index is 475. The summed E-state index contributed by atoms with van der Waals surface area (Å²) in [6, 6.07) is 10.0. The van der Waals surface area contributed by atoms with Crippen LogP contribution in [0.3, 0.4) is 0 Å². The SMILES string of the molecule is CCc1cccc2ccc(Cl)c(Cl)c12. The van der Waals surface area contributed by atoms with Gasteiger partial charge in [-0.2, -0.15) is 0 Å². The maximum absolute atomic E-state index is 6.18. The van der Waals surface area contributed by atoms with Gasteiger partial charge < -0.3 is 0 Å². The molecule has 0 amide bonds. The summed E-state index contributed by atoms with van der Waals surface area (Å²) in [7, 11) is 0. The third-order valence-corrected chi connectivity index (χ3v) is 3.21. The summed E-state index contributed by atoms with van der Waals surface area (Å²) < 4.78 is 0. The summed E-state index contributed by atoms with van der Waals surface area (Å²) in [4.78, 5) is 0. The fourth-order valence-corrected chi connectivity index (χ4v) is 2.13. The summed E-state index contributed by atoms with van der Waals surface area (Å²) in [5, 5.41) is 3.53. The number of fused-ring (bicyclic) bond motifs is 1. The number of benzene rings is 2. The second kappa shape index (κ2) is 3.80. The average molecular weight is 225 g/mol. The minimum Gasteiger partial charge on any atom is -0.0827 e. The van der Waals surface area contributed by atoms with Crippen molar-refractivity contribution in [3.63, 3.8) is 0 Å². The molecule has 0 aromatic heterocycles. The van der Waals surface area contributed by atoms with E-state index in [1.165, 1.54) is 5.56 Å². The second-order valence-corrected chi connectivity index (χ2v) is 4.02. The molecular formula is C12H10Cl2. The Morgan fingerprint density at radius 1 is 1.07 bits per heavy atom. The quantitative estimate of drug-likeness (QED) is 0.659. The molecule has 0 fully saturated rings. The molecule has 0 heterocycles. The summed E-state index contributed by atoms with van der Waals surface area (Å²) in [6.07, 6.45) is 0.970. The van der Waals surface area contributed by atoms with Gasteiger partial charge in [0.2, 0.25) is 0 Å². The summed E-state index contributed by atoms with van der Waals surface area (Å²) in [5.74, 6) is 0. The summed E-state index contributed by atoms with van der Waals surface area (Å²) in [6.45, 7) is 2.12. The predicted molar refractivity (Wildman–Crippen MR) is 63.3 cm³/mol. The minimum atomic E-state index is 0.625. The van der Waals surface area contributed by atoms with Gasteiger partial charge in [0.1, 0.15) is 0 Å². The third kappa shape index (κ3) is 1.49. The van der Waals surface area contributed by atoms with Crippen LogP contribution < -0.4 is 0 Å². The molecule has 0 radical (unpaired) electrons. The zero-order valence-corrected chi connectivity index (χ0v) is 9.36. The maximum Gasteiger partial charge on any atom is 0.0673 e. The zero-order chi connectivity index (χ0) is 10.1. The summed E-state index contributed by atoms with van der Waals surface area (Å²) >= 11 is 12.2. The van der Waals surface area contributed by atoms with Crippen LogP contribution in [0.1, 0.15) is 12.5 Å². The topological polar surface area (TPSA) is 0 Å². The van der Waals surface area contributed by atoms with Crippen molar-refractivity contribution in [2.24, 2.45) is 0 Å². The molecule has 0 N–H and O–H groups in total. The highest BCUT2D eigenvalue weighted by Gasteiger charge is 2.06. The van der Waals surface area contributed by atoms with E-state index in [0.717, 1.165) is 17.2 Å². The van der Waals surface area contributed by atoms with E-state index in [4.69, 9.17) is 23.2 Å². The van der Waals surface area contributed by atoms with Crippen LogP contribution in [0.2, 0.25) is 10.0 Å². The van der Waals surface area contributed by atoms with Gasteiger partial charge >= 0.3 is 0 Å². The molecule has 0 unspecified atom stereocenters. The lowest BCUT2D eigenvalue weighted by Gasteiger charge is -2.07. The van der Waals surface area contributed by atoms with Crippen LogP contribution in [0.5, 0.6) is 0 Å². The molecule has 0 aliphatic heterocycles. The highest BCUT2D eigenvalue weighted by atomic mass is 35.5. The van der Waals surface area contributed by atoms with Crippen molar-refractivity contribution >= 4 is 34.0 Å². The van der Waals surface area contributed by atoms with E-state index >= 15 is 0 Å². The van der Waals surface area contributed by atoms with Crippen molar-refractivity contribution in [1.82, 2.24) is 0 Å². The van der Waals surface area contributed by atoms with Crippen LogP contribution >= 0.6 is 23.2 Å². The Morgan fingerprint density at radius 2 is 1.86 bits per heavy atom. The lowest BCUT2D eigenvalue weighted by atomic mass is 10.0. The molecule has 2 aromatic rings. The largest absolute Gasteiger partial charge is 0.0827 e. The molecule has 72 valence electrons. The first kappa shape index (κ1) is 9.82. The van der Waals surface area contributed by atoms with E-state index in [2.05, 4.69) is 19.1 Å². The van der Waals surface area contributed by atoms with Gasteiger partial charge in [-0.25, -0.2) is 0 Å². The third-order valence-electron chi connectivity index (χ3n) is 2.40. The van der Waals surface area contributed by atoms with Crippen LogP contribution in [0.25, 0.3) is 10.8 Å². The van der Waals surface area contributed by atoms with Gasteiger partial charge in [-0.15, -0.1) is 0 Å². The number of rotatable bonds is 1. The average Bonchev–Trinajstić information content (AvgIpc) is 2.23. The molecule has 2 rings (SSSR count). The highest BCUT2D eigenvalue weighted by molar-refractivity contribution is 6.45. The first-order valence-electron chi connectivity index (χ1n) is 4.59. The van der Waals surface area contributed by atoms with Crippen LogP contribution in [0.15, 0.2) is 30.3 Å². The van der Waals surface area contributed by atoms with Gasteiger partial charge in [0, 0.05) is 5.39 Å². The number of hydrogen-bond acceptors (Lipinski definition) is 0. The van der Waals surface area contributed by atoms with Crippen molar-refractivity contribution < 1.29 is 0 Å².